The lowest BCUT2D eigenvalue weighted by Gasteiger charge is -2.11. The number of aromatic nitrogens is 7. The Balaban J connectivity index is 1.65. The van der Waals surface area contributed by atoms with E-state index in [2.05, 4.69) is 9.97 Å². The molecule has 0 aliphatic heterocycles. The zero-order chi connectivity index (χ0) is 23.6. The molecule has 5 aromatic rings. The minimum absolute atomic E-state index is 0.341. The van der Waals surface area contributed by atoms with E-state index in [9.17, 15) is 9.59 Å². The first-order valence-electron chi connectivity index (χ1n) is 11.1. The number of pyridine rings is 1. The quantitative estimate of drug-likeness (QED) is 0.389. The van der Waals surface area contributed by atoms with Crippen molar-refractivity contribution in [3.05, 3.63) is 74.4 Å². The number of aryl methyl sites for hydroxylation is 1. The Bertz CT molecular complexity index is 1700. The summed E-state index contributed by atoms with van der Waals surface area (Å²) in [6.07, 6.45) is 7.31. The predicted molar refractivity (Wildman–Crippen MR) is 130 cm³/mol. The van der Waals surface area contributed by atoms with Crippen LogP contribution in [0.4, 0.5) is 0 Å². The van der Waals surface area contributed by atoms with E-state index in [0.29, 0.717) is 40.8 Å². The molecule has 0 atom stereocenters. The maximum Gasteiger partial charge on any atom is 0.332 e. The van der Waals surface area contributed by atoms with Crippen LogP contribution in [0.5, 0.6) is 0 Å². The third-order valence-electron chi connectivity index (χ3n) is 6.54. The Kier molecular flexibility index (Phi) is 4.70. The molecule has 1 aromatic carbocycles. The van der Waals surface area contributed by atoms with Gasteiger partial charge in [0.05, 0.1) is 30.3 Å². The molecule has 0 amide bonds. The van der Waals surface area contributed by atoms with Crippen molar-refractivity contribution in [2.75, 3.05) is 0 Å². The molecular weight excluding hydrogens is 454 g/mol. The molecule has 4 aromatic heterocycles. The third-order valence-corrected chi connectivity index (χ3v) is 6.77. The Morgan fingerprint density at radius 1 is 1.15 bits per heavy atom. The lowest BCUT2D eigenvalue weighted by atomic mass is 10.1. The van der Waals surface area contributed by atoms with Gasteiger partial charge in [-0.15, -0.1) is 0 Å². The van der Waals surface area contributed by atoms with E-state index in [1.54, 1.807) is 28.0 Å². The molecule has 0 radical (unpaired) electrons. The lowest BCUT2D eigenvalue weighted by Crippen LogP contribution is -2.38. The van der Waals surface area contributed by atoms with Crippen LogP contribution < -0.4 is 11.2 Å². The van der Waals surface area contributed by atoms with Crippen molar-refractivity contribution in [1.29, 1.82) is 0 Å². The molecule has 10 heteroatoms. The van der Waals surface area contributed by atoms with Crippen molar-refractivity contribution >= 4 is 33.5 Å². The highest BCUT2D eigenvalue weighted by molar-refractivity contribution is 6.31. The van der Waals surface area contributed by atoms with Crippen LogP contribution in [0.2, 0.25) is 5.02 Å². The molecule has 34 heavy (non-hydrogen) atoms. The van der Waals surface area contributed by atoms with Gasteiger partial charge in [-0.2, -0.15) is 5.10 Å². The summed E-state index contributed by atoms with van der Waals surface area (Å²) in [5.74, 6) is 0.440. The summed E-state index contributed by atoms with van der Waals surface area (Å²) >= 11 is 6.28. The van der Waals surface area contributed by atoms with Crippen LogP contribution in [-0.2, 0) is 27.2 Å². The largest absolute Gasteiger partial charge is 0.332 e. The molecule has 0 bridgehead atoms. The van der Waals surface area contributed by atoms with Gasteiger partial charge < -0.3 is 4.57 Å². The van der Waals surface area contributed by atoms with Crippen molar-refractivity contribution in [3.63, 3.8) is 0 Å². The monoisotopic (exact) mass is 475 g/mol. The van der Waals surface area contributed by atoms with Gasteiger partial charge >= 0.3 is 5.69 Å². The van der Waals surface area contributed by atoms with Crippen molar-refractivity contribution in [3.8, 4) is 11.4 Å². The van der Waals surface area contributed by atoms with E-state index in [1.165, 1.54) is 11.6 Å². The summed E-state index contributed by atoms with van der Waals surface area (Å²) < 4.78 is 6.47. The van der Waals surface area contributed by atoms with Crippen LogP contribution in [0, 0.1) is 5.92 Å². The minimum atomic E-state index is -0.364. The van der Waals surface area contributed by atoms with E-state index in [4.69, 9.17) is 16.7 Å². The van der Waals surface area contributed by atoms with E-state index >= 15 is 0 Å². The molecule has 1 fully saturated rings. The SMILES string of the molecule is Cn1cncc1-c1c2c(=O)n(C)c(=O)n(CC3CC3)c2nn1Cc1ccnc2ccc(Cl)cc12. The number of halogens is 1. The second-order valence-electron chi connectivity index (χ2n) is 8.93. The molecule has 1 aliphatic rings. The van der Waals surface area contributed by atoms with E-state index in [-0.39, 0.29) is 11.2 Å². The first-order valence-corrected chi connectivity index (χ1v) is 11.5. The van der Waals surface area contributed by atoms with Gasteiger partial charge in [0.15, 0.2) is 5.65 Å². The van der Waals surface area contributed by atoms with Gasteiger partial charge in [0.25, 0.3) is 5.56 Å². The van der Waals surface area contributed by atoms with Crippen molar-refractivity contribution in [1.82, 2.24) is 33.4 Å². The Hall–Kier alpha value is -3.72. The van der Waals surface area contributed by atoms with Gasteiger partial charge in [-0.05, 0) is 48.6 Å². The summed E-state index contributed by atoms with van der Waals surface area (Å²) in [5.41, 5.74) is 2.86. The number of imidazole rings is 1. The maximum absolute atomic E-state index is 13.4. The van der Waals surface area contributed by atoms with Crippen LogP contribution in [0.1, 0.15) is 18.4 Å². The second kappa shape index (κ2) is 7.66. The molecule has 1 aliphatic carbocycles. The van der Waals surface area contributed by atoms with E-state index < -0.39 is 0 Å². The summed E-state index contributed by atoms with van der Waals surface area (Å²) in [4.78, 5) is 35.1. The second-order valence-corrected chi connectivity index (χ2v) is 9.36. The van der Waals surface area contributed by atoms with Crippen molar-refractivity contribution < 1.29 is 0 Å². The highest BCUT2D eigenvalue weighted by atomic mass is 35.5. The van der Waals surface area contributed by atoms with E-state index in [1.807, 2.05) is 35.9 Å². The maximum atomic E-state index is 13.4. The molecule has 0 N–H and O–H groups in total. The Morgan fingerprint density at radius 2 is 1.97 bits per heavy atom. The van der Waals surface area contributed by atoms with Gasteiger partial charge in [-0.1, -0.05) is 11.6 Å². The first-order chi connectivity index (χ1) is 16.4. The van der Waals surface area contributed by atoms with Crippen LogP contribution in [-0.4, -0.2) is 33.4 Å². The fourth-order valence-corrected chi connectivity index (χ4v) is 4.69. The molecular formula is C24H22ClN7O2. The fourth-order valence-electron chi connectivity index (χ4n) is 4.52. The highest BCUT2D eigenvalue weighted by Crippen LogP contribution is 2.32. The fraction of sp³-hybridized carbons (Fsp3) is 0.292. The third kappa shape index (κ3) is 3.27. The van der Waals surface area contributed by atoms with E-state index in [0.717, 1.165) is 35.0 Å². The standard InChI is InChI=1S/C24H22ClN7O2/c1-29-13-26-10-19(29)21-20-22(31(11-14-3-4-14)24(34)30(2)23(20)33)28-32(21)12-15-7-8-27-18-6-5-16(25)9-17(15)18/h5-10,13-14H,3-4,11-12H2,1-2H3. The number of hydrogen-bond acceptors (Lipinski definition) is 5. The molecule has 0 unspecified atom stereocenters. The minimum Gasteiger partial charge on any atom is -0.332 e. The Labute approximate surface area is 198 Å². The molecule has 6 rings (SSSR count). The van der Waals surface area contributed by atoms with Crippen LogP contribution >= 0.6 is 11.6 Å². The summed E-state index contributed by atoms with van der Waals surface area (Å²) in [6, 6.07) is 7.50. The summed E-state index contributed by atoms with van der Waals surface area (Å²) in [7, 11) is 3.40. The summed E-state index contributed by atoms with van der Waals surface area (Å²) in [5, 5.41) is 6.80. The number of fused-ring (bicyclic) bond motifs is 2. The first kappa shape index (κ1) is 20.9. The molecule has 9 nitrogen and oxygen atoms in total. The van der Waals surface area contributed by atoms with Crippen LogP contribution in [0.25, 0.3) is 33.3 Å². The van der Waals surface area contributed by atoms with Gasteiger partial charge in [0, 0.05) is 37.2 Å². The lowest BCUT2D eigenvalue weighted by molar-refractivity contribution is 0.572. The van der Waals surface area contributed by atoms with Gasteiger partial charge in [0.2, 0.25) is 0 Å². The molecule has 1 saturated carbocycles. The Morgan fingerprint density at radius 3 is 2.71 bits per heavy atom. The highest BCUT2D eigenvalue weighted by Gasteiger charge is 2.28. The van der Waals surface area contributed by atoms with Gasteiger partial charge in [0.1, 0.15) is 11.1 Å². The molecule has 4 heterocycles. The van der Waals surface area contributed by atoms with Gasteiger partial charge in [-0.25, -0.2) is 9.78 Å². The zero-order valence-corrected chi connectivity index (χ0v) is 19.5. The number of nitrogens with zero attached hydrogens (tertiary/aromatic N) is 7. The molecule has 0 saturated heterocycles. The van der Waals surface area contributed by atoms with Crippen LogP contribution in [0.15, 0.2) is 52.6 Å². The van der Waals surface area contributed by atoms with Gasteiger partial charge in [-0.3, -0.25) is 23.6 Å². The average molecular weight is 476 g/mol. The predicted octanol–water partition coefficient (Wildman–Crippen LogP) is 2.96. The number of rotatable bonds is 5. The average Bonchev–Trinajstić information content (AvgIpc) is 3.44. The van der Waals surface area contributed by atoms with Crippen molar-refractivity contribution in [2.45, 2.75) is 25.9 Å². The summed E-state index contributed by atoms with van der Waals surface area (Å²) in [6.45, 7) is 0.925. The van der Waals surface area contributed by atoms with Crippen molar-refractivity contribution in [2.24, 2.45) is 20.0 Å². The normalized spacial score (nSPS) is 13.9. The van der Waals surface area contributed by atoms with Crippen LogP contribution in [0.3, 0.4) is 0 Å². The topological polar surface area (TPSA) is 92.5 Å². The molecule has 0 spiro atoms. The number of hydrogen-bond donors (Lipinski definition) is 0. The zero-order valence-electron chi connectivity index (χ0n) is 18.8. The number of benzene rings is 1. The smallest absolute Gasteiger partial charge is 0.332 e. The molecule has 172 valence electrons.